The predicted octanol–water partition coefficient (Wildman–Crippen LogP) is 6.15. The van der Waals surface area contributed by atoms with Crippen molar-refractivity contribution in [2.24, 2.45) is 0 Å². The van der Waals surface area contributed by atoms with Crippen molar-refractivity contribution in [3.63, 3.8) is 0 Å². The number of carbonyl (C=O) groups is 1. The van der Waals surface area contributed by atoms with Crippen LogP contribution in [0, 0.1) is 0 Å². The Kier molecular flexibility index (Phi) is 8.04. The number of sulfonamides is 1. The number of benzene rings is 3. The van der Waals surface area contributed by atoms with Crippen molar-refractivity contribution < 1.29 is 13.2 Å². The van der Waals surface area contributed by atoms with E-state index in [1.165, 1.54) is 5.56 Å². The smallest absolute Gasteiger partial charge is 0.258 e. The Morgan fingerprint density at radius 2 is 1.59 bits per heavy atom. The van der Waals surface area contributed by atoms with E-state index in [4.69, 9.17) is 0 Å². The minimum absolute atomic E-state index is 0.232. The van der Waals surface area contributed by atoms with Gasteiger partial charge in [-0.1, -0.05) is 56.3 Å². The molecule has 2 aliphatic rings. The molecule has 1 fully saturated rings. The highest BCUT2D eigenvalue weighted by Crippen LogP contribution is 2.39. The fourth-order valence-corrected chi connectivity index (χ4v) is 6.37. The predicted molar refractivity (Wildman–Crippen MR) is 160 cm³/mol. The van der Waals surface area contributed by atoms with Gasteiger partial charge in [0, 0.05) is 29.2 Å². The average molecular weight is 545 g/mol. The summed E-state index contributed by atoms with van der Waals surface area (Å²) >= 11 is 0. The molecular weight excluding hydrogens is 508 g/mol. The topological polar surface area (TPSA) is 90.5 Å². The van der Waals surface area contributed by atoms with Crippen LogP contribution in [0.3, 0.4) is 0 Å². The zero-order valence-corrected chi connectivity index (χ0v) is 23.4. The van der Waals surface area contributed by atoms with E-state index in [0.29, 0.717) is 41.1 Å². The number of hydrogen-bond donors (Lipinski definition) is 3. The van der Waals surface area contributed by atoms with Gasteiger partial charge in [-0.2, -0.15) is 0 Å². The molecule has 1 heterocycles. The highest BCUT2D eigenvalue weighted by Gasteiger charge is 2.36. The van der Waals surface area contributed by atoms with Crippen LogP contribution < -0.4 is 15.4 Å². The van der Waals surface area contributed by atoms with Gasteiger partial charge in [0.1, 0.15) is 0 Å². The molecule has 0 atom stereocenters. The first-order chi connectivity index (χ1) is 18.9. The molecule has 3 aromatic carbocycles. The summed E-state index contributed by atoms with van der Waals surface area (Å²) in [5.41, 5.74) is 5.89. The van der Waals surface area contributed by atoms with E-state index < -0.39 is 10.0 Å². The lowest BCUT2D eigenvalue weighted by molar-refractivity contribution is -0.110. The fourth-order valence-electron chi connectivity index (χ4n) is 4.99. The summed E-state index contributed by atoms with van der Waals surface area (Å²) in [6.07, 6.45) is 3.62. The number of nitrogens with zero attached hydrogens (tertiary/aromatic N) is 1. The van der Waals surface area contributed by atoms with Gasteiger partial charge < -0.3 is 10.6 Å². The molecule has 0 radical (unpaired) electrons. The van der Waals surface area contributed by atoms with Crippen LogP contribution >= 0.6 is 0 Å². The Labute approximate surface area is 231 Å². The van der Waals surface area contributed by atoms with Gasteiger partial charge in [0.05, 0.1) is 16.5 Å². The number of rotatable bonds is 12. The van der Waals surface area contributed by atoms with Gasteiger partial charge in [-0.05, 0) is 80.2 Å². The summed E-state index contributed by atoms with van der Waals surface area (Å²) < 4.78 is 27.8. The number of hydrogen-bond acceptors (Lipinski definition) is 5. The van der Waals surface area contributed by atoms with E-state index >= 15 is 0 Å². The summed E-state index contributed by atoms with van der Waals surface area (Å²) in [7, 11) is -3.42. The summed E-state index contributed by atoms with van der Waals surface area (Å²) in [4.78, 5) is 15.8. The molecule has 39 heavy (non-hydrogen) atoms. The van der Waals surface area contributed by atoms with E-state index in [2.05, 4.69) is 46.2 Å². The van der Waals surface area contributed by atoms with Crippen molar-refractivity contribution in [1.29, 1.82) is 0 Å². The molecule has 0 aromatic heterocycles. The van der Waals surface area contributed by atoms with Gasteiger partial charge in [0.25, 0.3) is 5.91 Å². The van der Waals surface area contributed by atoms with Gasteiger partial charge in [-0.25, -0.2) is 8.42 Å². The molecule has 1 aliphatic carbocycles. The quantitative estimate of drug-likeness (QED) is 0.238. The third-order valence-corrected chi connectivity index (χ3v) is 8.88. The van der Waals surface area contributed by atoms with Gasteiger partial charge in [0.2, 0.25) is 10.0 Å². The zero-order chi connectivity index (χ0) is 27.4. The molecule has 0 spiro atoms. The second kappa shape index (κ2) is 11.6. The molecule has 0 saturated heterocycles. The number of fused-ring (bicyclic) bond motifs is 1. The van der Waals surface area contributed by atoms with E-state index in [0.717, 1.165) is 43.7 Å². The number of carbonyl (C=O) groups excluding carboxylic acids is 1. The lowest BCUT2D eigenvalue weighted by Gasteiger charge is -2.21. The lowest BCUT2D eigenvalue weighted by atomic mass is 9.99. The van der Waals surface area contributed by atoms with Crippen LogP contribution in [-0.2, 0) is 21.4 Å². The summed E-state index contributed by atoms with van der Waals surface area (Å²) in [6, 6.07) is 23.3. The first-order valence-electron chi connectivity index (χ1n) is 13.7. The van der Waals surface area contributed by atoms with Gasteiger partial charge in [0.15, 0.2) is 0 Å². The molecule has 1 saturated carbocycles. The molecule has 7 nitrogen and oxygen atoms in total. The Balaban J connectivity index is 1.48. The van der Waals surface area contributed by atoms with E-state index in [1.807, 2.05) is 42.5 Å². The number of anilines is 3. The lowest BCUT2D eigenvalue weighted by Crippen LogP contribution is -2.24. The van der Waals surface area contributed by atoms with Gasteiger partial charge in [-0.15, -0.1) is 0 Å². The van der Waals surface area contributed by atoms with E-state index in [9.17, 15) is 13.2 Å². The van der Waals surface area contributed by atoms with E-state index in [-0.39, 0.29) is 11.2 Å². The van der Waals surface area contributed by atoms with Crippen LogP contribution in [0.5, 0.6) is 0 Å². The first kappa shape index (κ1) is 27.0. The SMILES string of the molecule is CCCN(CCC)Cc1ccc(N/C(=C2/C(=O)Nc3ccc(NS(=O)(=O)C4CC4)cc32)c2ccccc2)cc1. The van der Waals surface area contributed by atoms with E-state index in [1.54, 1.807) is 18.2 Å². The molecule has 5 rings (SSSR count). The van der Waals surface area contributed by atoms with Crippen molar-refractivity contribution in [2.75, 3.05) is 28.4 Å². The van der Waals surface area contributed by atoms with Crippen LogP contribution in [0.2, 0.25) is 0 Å². The maximum Gasteiger partial charge on any atom is 0.258 e. The van der Waals surface area contributed by atoms with Crippen molar-refractivity contribution >= 4 is 44.3 Å². The Morgan fingerprint density at radius 1 is 0.923 bits per heavy atom. The number of amides is 1. The molecular formula is C31H36N4O3S. The van der Waals surface area contributed by atoms with Crippen LogP contribution in [0.4, 0.5) is 17.1 Å². The van der Waals surface area contributed by atoms with Crippen molar-refractivity contribution in [2.45, 2.75) is 51.3 Å². The minimum atomic E-state index is -3.42. The van der Waals surface area contributed by atoms with Crippen molar-refractivity contribution in [1.82, 2.24) is 4.90 Å². The average Bonchev–Trinajstić information content (AvgIpc) is 3.74. The molecule has 204 valence electrons. The van der Waals surface area contributed by atoms with Crippen LogP contribution in [0.15, 0.2) is 72.8 Å². The van der Waals surface area contributed by atoms with Gasteiger partial charge >= 0.3 is 0 Å². The minimum Gasteiger partial charge on any atom is -0.354 e. The summed E-state index contributed by atoms with van der Waals surface area (Å²) in [5.74, 6) is -0.232. The molecule has 3 aromatic rings. The standard InChI is InChI=1S/C31H36N4O3S/c1-3-18-35(19-4-2)21-22-10-12-24(13-11-22)32-30(23-8-6-5-7-9-23)29-27-20-25(14-17-28(27)33-31(29)36)34-39(37,38)26-15-16-26/h5-14,17,20,26,32,34H,3-4,15-16,18-19,21H2,1-2H3,(H,33,36)/b30-29+. The second-order valence-electron chi connectivity index (χ2n) is 10.3. The Bertz CT molecular complexity index is 1460. The third kappa shape index (κ3) is 6.34. The van der Waals surface area contributed by atoms with Crippen LogP contribution in [0.1, 0.15) is 56.2 Å². The number of nitrogens with one attached hydrogen (secondary N) is 3. The van der Waals surface area contributed by atoms with Gasteiger partial charge in [-0.3, -0.25) is 14.4 Å². The first-order valence-corrected chi connectivity index (χ1v) is 15.3. The molecule has 8 heteroatoms. The van der Waals surface area contributed by atoms with Crippen LogP contribution in [-0.4, -0.2) is 37.6 Å². The molecule has 1 aliphatic heterocycles. The Morgan fingerprint density at radius 3 is 2.23 bits per heavy atom. The van der Waals surface area contributed by atoms with Crippen molar-refractivity contribution in [3.8, 4) is 0 Å². The molecule has 0 bridgehead atoms. The summed E-state index contributed by atoms with van der Waals surface area (Å²) in [6.45, 7) is 7.47. The molecule has 3 N–H and O–H groups in total. The molecule has 0 unspecified atom stereocenters. The fraction of sp³-hybridized carbons (Fsp3) is 0.323. The highest BCUT2D eigenvalue weighted by atomic mass is 32.2. The summed E-state index contributed by atoms with van der Waals surface area (Å²) in [5, 5.41) is 6.11. The maximum absolute atomic E-state index is 13.3. The van der Waals surface area contributed by atoms with Crippen molar-refractivity contribution in [3.05, 3.63) is 89.5 Å². The third-order valence-electron chi connectivity index (χ3n) is 7.01. The largest absolute Gasteiger partial charge is 0.354 e. The highest BCUT2D eigenvalue weighted by molar-refractivity contribution is 7.93. The maximum atomic E-state index is 13.3. The molecule has 1 amide bonds. The zero-order valence-electron chi connectivity index (χ0n) is 22.5. The van der Waals surface area contributed by atoms with Crippen LogP contribution in [0.25, 0.3) is 11.3 Å². The normalized spacial score (nSPS) is 16.1. The Hall–Kier alpha value is -3.62. The monoisotopic (exact) mass is 544 g/mol. The second-order valence-corrected chi connectivity index (χ2v) is 12.2.